The number of carbonyl (C=O) groups excluding carboxylic acids is 1. The zero-order valence-electron chi connectivity index (χ0n) is 17.9. The molecule has 1 fully saturated rings. The summed E-state index contributed by atoms with van der Waals surface area (Å²) < 4.78 is 5.38. The maximum Gasteiger partial charge on any atom is 0.261 e. The molecule has 2 aromatic heterocycles. The molecule has 0 spiro atoms. The lowest BCUT2D eigenvalue weighted by molar-refractivity contribution is -0.880. The molecule has 1 aliphatic rings. The maximum atomic E-state index is 13.0. The van der Waals surface area contributed by atoms with E-state index < -0.39 is 0 Å². The Labute approximate surface area is 180 Å². The highest BCUT2D eigenvalue weighted by atomic mass is 32.1. The fraction of sp³-hybridized carbons (Fsp3) is 0.409. The lowest BCUT2D eigenvalue weighted by atomic mass is 10.1. The van der Waals surface area contributed by atoms with Crippen LogP contribution in [0.2, 0.25) is 0 Å². The number of piperazine rings is 1. The van der Waals surface area contributed by atoms with Gasteiger partial charge in [-0.25, -0.2) is 9.97 Å². The van der Waals surface area contributed by atoms with Crippen LogP contribution >= 0.6 is 11.3 Å². The smallest absolute Gasteiger partial charge is 0.261 e. The second-order valence-corrected chi connectivity index (χ2v) is 8.77. The van der Waals surface area contributed by atoms with Crippen LogP contribution in [0.25, 0.3) is 10.2 Å². The first-order chi connectivity index (χ1) is 14.5. The van der Waals surface area contributed by atoms with Crippen LogP contribution in [0.1, 0.15) is 26.6 Å². The number of quaternary nitrogens is 1. The van der Waals surface area contributed by atoms with Crippen LogP contribution in [-0.2, 0) is 6.54 Å². The summed E-state index contributed by atoms with van der Waals surface area (Å²) in [6.45, 7) is 8.42. The van der Waals surface area contributed by atoms with Crippen molar-refractivity contribution < 1.29 is 14.4 Å². The van der Waals surface area contributed by atoms with Crippen molar-refractivity contribution in [1.29, 1.82) is 0 Å². The molecule has 2 N–H and O–H groups in total. The number of carbonyl (C=O) groups is 1. The Morgan fingerprint density at radius 1 is 1.23 bits per heavy atom. The van der Waals surface area contributed by atoms with Crippen molar-refractivity contribution in [3.05, 3.63) is 46.1 Å². The normalized spacial score (nSPS) is 14.9. The molecule has 0 atom stereocenters. The highest BCUT2D eigenvalue weighted by molar-refractivity contribution is 7.20. The van der Waals surface area contributed by atoms with Gasteiger partial charge in [0.25, 0.3) is 5.91 Å². The summed E-state index contributed by atoms with van der Waals surface area (Å²) in [7, 11) is 3.86. The Hall–Kier alpha value is -2.71. The van der Waals surface area contributed by atoms with Gasteiger partial charge >= 0.3 is 0 Å². The third-order valence-corrected chi connectivity index (χ3v) is 6.82. The minimum absolute atomic E-state index is 0.0900. The molecule has 0 aliphatic carbocycles. The predicted octanol–water partition coefficient (Wildman–Crippen LogP) is 1.58. The highest BCUT2D eigenvalue weighted by Crippen LogP contribution is 2.35. The number of methoxy groups -OCH3 is 1. The average molecular weight is 427 g/mol. The number of amides is 1. The second kappa shape index (κ2) is 8.57. The number of likely N-dealkylation sites (N-methyl/N-ethyl adjacent to an activating group) is 1. The van der Waals surface area contributed by atoms with E-state index in [1.807, 2.05) is 38.1 Å². The first kappa shape index (κ1) is 20.6. The van der Waals surface area contributed by atoms with Crippen molar-refractivity contribution in [1.82, 2.24) is 15.3 Å². The SMILES string of the molecule is COc1ccccc1CNC(=O)c1sc2nc(C)nc(N3CC[NH+](C)CC3)c2c1C. The number of fused-ring (bicyclic) bond motifs is 1. The molecule has 3 aromatic rings. The number of aryl methyl sites for hydroxylation is 2. The van der Waals surface area contributed by atoms with E-state index in [4.69, 9.17) is 9.72 Å². The number of para-hydroxylation sites is 1. The summed E-state index contributed by atoms with van der Waals surface area (Å²) in [5.74, 6) is 2.38. The van der Waals surface area contributed by atoms with E-state index in [2.05, 4.69) is 22.2 Å². The summed E-state index contributed by atoms with van der Waals surface area (Å²) >= 11 is 1.44. The van der Waals surface area contributed by atoms with E-state index in [0.29, 0.717) is 11.4 Å². The van der Waals surface area contributed by atoms with Gasteiger partial charge in [-0.15, -0.1) is 11.3 Å². The molecule has 0 saturated carbocycles. The number of hydrogen-bond acceptors (Lipinski definition) is 6. The number of nitrogens with zero attached hydrogens (tertiary/aromatic N) is 3. The fourth-order valence-electron chi connectivity index (χ4n) is 3.87. The van der Waals surface area contributed by atoms with E-state index >= 15 is 0 Å². The first-order valence-corrected chi connectivity index (χ1v) is 11.0. The van der Waals surface area contributed by atoms with Crippen molar-refractivity contribution in [2.24, 2.45) is 0 Å². The number of thiophene rings is 1. The number of nitrogens with one attached hydrogen (secondary N) is 2. The molecule has 1 aromatic carbocycles. The third-order valence-electron chi connectivity index (χ3n) is 5.64. The van der Waals surface area contributed by atoms with Gasteiger partial charge in [0.1, 0.15) is 22.2 Å². The van der Waals surface area contributed by atoms with Crippen LogP contribution in [0.15, 0.2) is 24.3 Å². The molecule has 7 nitrogen and oxygen atoms in total. The van der Waals surface area contributed by atoms with E-state index in [9.17, 15) is 4.79 Å². The zero-order chi connectivity index (χ0) is 21.3. The van der Waals surface area contributed by atoms with E-state index in [1.54, 1.807) is 7.11 Å². The maximum absolute atomic E-state index is 13.0. The van der Waals surface area contributed by atoms with Gasteiger partial charge in [0, 0.05) is 12.1 Å². The van der Waals surface area contributed by atoms with Crippen LogP contribution < -0.4 is 19.9 Å². The van der Waals surface area contributed by atoms with Crippen molar-refractivity contribution in [3.63, 3.8) is 0 Å². The highest BCUT2D eigenvalue weighted by Gasteiger charge is 2.25. The van der Waals surface area contributed by atoms with Gasteiger partial charge in [0.2, 0.25) is 0 Å². The Balaban J connectivity index is 1.63. The van der Waals surface area contributed by atoms with Crippen LogP contribution in [0.3, 0.4) is 0 Å². The van der Waals surface area contributed by atoms with Crippen LogP contribution in [0, 0.1) is 13.8 Å². The van der Waals surface area contributed by atoms with Gasteiger partial charge < -0.3 is 19.9 Å². The Morgan fingerprint density at radius 3 is 2.70 bits per heavy atom. The third kappa shape index (κ3) is 3.97. The van der Waals surface area contributed by atoms with E-state index in [-0.39, 0.29) is 5.91 Å². The van der Waals surface area contributed by atoms with Gasteiger partial charge in [-0.05, 0) is 25.5 Å². The topological polar surface area (TPSA) is 71.8 Å². The minimum atomic E-state index is -0.0900. The number of rotatable bonds is 5. The summed E-state index contributed by atoms with van der Waals surface area (Å²) in [6.07, 6.45) is 0. The zero-order valence-corrected chi connectivity index (χ0v) is 18.7. The summed E-state index contributed by atoms with van der Waals surface area (Å²) in [4.78, 5) is 27.9. The molecule has 1 aliphatic heterocycles. The number of benzene rings is 1. The standard InChI is InChI=1S/C22H27N5O2S/c1-14-18-20(27-11-9-26(3)10-12-27)24-15(2)25-22(18)30-19(14)21(28)23-13-16-7-5-6-8-17(16)29-4/h5-8H,9-13H2,1-4H3,(H,23,28)/p+1. The lowest BCUT2D eigenvalue weighted by Crippen LogP contribution is -3.12. The molecule has 4 rings (SSSR count). The predicted molar refractivity (Wildman–Crippen MR) is 120 cm³/mol. The van der Waals surface area contributed by atoms with Gasteiger partial charge in [0.15, 0.2) is 0 Å². The molecular formula is C22H28N5O2S+. The Morgan fingerprint density at radius 2 is 1.97 bits per heavy atom. The van der Waals surface area contributed by atoms with Crippen LogP contribution in [-0.4, -0.2) is 56.2 Å². The van der Waals surface area contributed by atoms with Gasteiger partial charge in [-0.1, -0.05) is 18.2 Å². The van der Waals surface area contributed by atoms with Crippen molar-refractivity contribution in [3.8, 4) is 5.75 Å². The molecule has 30 heavy (non-hydrogen) atoms. The molecule has 3 heterocycles. The molecule has 8 heteroatoms. The van der Waals surface area contributed by atoms with Crippen LogP contribution in [0.5, 0.6) is 5.75 Å². The molecule has 1 saturated heterocycles. The number of ether oxygens (including phenoxy) is 1. The second-order valence-electron chi connectivity index (χ2n) is 7.77. The monoisotopic (exact) mass is 426 g/mol. The summed E-state index contributed by atoms with van der Waals surface area (Å²) in [5, 5.41) is 4.04. The molecule has 0 unspecified atom stereocenters. The van der Waals surface area contributed by atoms with E-state index in [0.717, 1.165) is 64.9 Å². The van der Waals surface area contributed by atoms with Crippen molar-refractivity contribution in [2.45, 2.75) is 20.4 Å². The lowest BCUT2D eigenvalue weighted by Gasteiger charge is -2.31. The molecular weight excluding hydrogens is 398 g/mol. The van der Waals surface area contributed by atoms with Crippen LogP contribution in [0.4, 0.5) is 5.82 Å². The average Bonchev–Trinajstić information content (AvgIpc) is 3.08. The quantitative estimate of drug-likeness (QED) is 0.648. The van der Waals surface area contributed by atoms with Crippen molar-refractivity contribution in [2.75, 3.05) is 45.2 Å². The number of hydrogen-bond donors (Lipinski definition) is 2. The molecule has 1 amide bonds. The summed E-state index contributed by atoms with van der Waals surface area (Å²) in [5.41, 5.74) is 1.90. The van der Waals surface area contributed by atoms with Gasteiger partial charge in [0.05, 0.1) is 50.6 Å². The molecule has 0 bridgehead atoms. The van der Waals surface area contributed by atoms with Gasteiger partial charge in [-0.3, -0.25) is 4.79 Å². The Bertz CT molecular complexity index is 1070. The summed E-state index contributed by atoms with van der Waals surface area (Å²) in [6, 6.07) is 7.72. The molecule has 0 radical (unpaired) electrons. The largest absolute Gasteiger partial charge is 0.496 e. The number of anilines is 1. The number of aromatic nitrogens is 2. The minimum Gasteiger partial charge on any atom is -0.496 e. The van der Waals surface area contributed by atoms with E-state index in [1.165, 1.54) is 16.2 Å². The first-order valence-electron chi connectivity index (χ1n) is 10.2. The van der Waals surface area contributed by atoms with Gasteiger partial charge in [-0.2, -0.15) is 0 Å². The fourth-order valence-corrected chi connectivity index (χ4v) is 5.01. The Kier molecular flexibility index (Phi) is 5.87. The molecule has 158 valence electrons. The van der Waals surface area contributed by atoms with Crippen molar-refractivity contribution >= 4 is 33.3 Å².